The lowest BCUT2D eigenvalue weighted by atomic mass is 9.86. The summed E-state index contributed by atoms with van der Waals surface area (Å²) in [5, 5.41) is 0. The van der Waals surface area contributed by atoms with Gasteiger partial charge >= 0.3 is 0 Å². The van der Waals surface area contributed by atoms with Crippen LogP contribution in [0.25, 0.3) is 68.2 Å². The predicted octanol–water partition coefficient (Wildman–Crippen LogP) is 15.6. The van der Waals surface area contributed by atoms with Crippen LogP contribution in [-0.4, -0.2) is 15.6 Å². The Morgan fingerprint density at radius 1 is 0.619 bits per heavy atom. The van der Waals surface area contributed by atoms with Gasteiger partial charge in [-0.3, -0.25) is 0 Å². The van der Waals surface area contributed by atoms with Crippen LogP contribution in [0.15, 0.2) is 189 Å². The molecule has 3 heterocycles. The summed E-state index contributed by atoms with van der Waals surface area (Å²) in [6.45, 7) is 6.76. The van der Waals surface area contributed by atoms with Gasteiger partial charge < -0.3 is 9.47 Å². The van der Waals surface area contributed by atoms with Crippen molar-refractivity contribution in [2.45, 2.75) is 57.4 Å². The highest BCUT2D eigenvalue weighted by atomic mass is 15.2. The summed E-state index contributed by atoms with van der Waals surface area (Å²) in [7, 11) is 0. The van der Waals surface area contributed by atoms with Gasteiger partial charge in [-0.05, 0) is 156 Å². The van der Waals surface area contributed by atoms with Crippen LogP contribution in [-0.2, 0) is 12.8 Å². The SMILES string of the molecule is C=C(/C=C(\C=C/C)c1cccc(-c2cc(-c3ccccc3)cc(-c3cccc(-c4cccc(N5c6ccccc6C6CCC=CC65)c4)c3)n2)c1)n1c2c(c3c1C=CCC3)CCC=C2. The lowest BCUT2D eigenvalue weighted by Gasteiger charge is -2.30. The number of para-hydroxylation sites is 1. The highest BCUT2D eigenvalue weighted by molar-refractivity contribution is 5.87. The summed E-state index contributed by atoms with van der Waals surface area (Å²) in [6.07, 6.45) is 27.3. The van der Waals surface area contributed by atoms with Crippen molar-refractivity contribution in [1.29, 1.82) is 0 Å². The highest BCUT2D eigenvalue weighted by Crippen LogP contribution is 2.49. The number of benzene rings is 5. The quantitative estimate of drug-likeness (QED) is 0.107. The molecule has 1 aliphatic heterocycles. The van der Waals surface area contributed by atoms with Gasteiger partial charge in [-0.2, -0.15) is 0 Å². The molecule has 3 heteroatoms. The molecule has 4 aliphatic rings. The van der Waals surface area contributed by atoms with E-state index in [-0.39, 0.29) is 0 Å². The van der Waals surface area contributed by atoms with Gasteiger partial charge in [-0.1, -0.05) is 140 Å². The first-order chi connectivity index (χ1) is 31.1. The molecule has 7 aromatic rings. The van der Waals surface area contributed by atoms with E-state index in [0.717, 1.165) is 82.6 Å². The maximum atomic E-state index is 5.44. The first-order valence-corrected chi connectivity index (χ1v) is 22.7. The fourth-order valence-corrected chi connectivity index (χ4v) is 10.5. The maximum Gasteiger partial charge on any atom is 0.0715 e. The second-order valence-corrected chi connectivity index (χ2v) is 17.3. The number of nitrogens with zero attached hydrogens (tertiary/aromatic N) is 3. The van der Waals surface area contributed by atoms with Crippen molar-refractivity contribution in [3.05, 3.63) is 222 Å². The van der Waals surface area contributed by atoms with Crippen molar-refractivity contribution >= 4 is 34.8 Å². The second-order valence-electron chi connectivity index (χ2n) is 17.3. The molecule has 2 aromatic heterocycles. The summed E-state index contributed by atoms with van der Waals surface area (Å²) in [5.74, 6) is 0.525. The van der Waals surface area contributed by atoms with Gasteiger partial charge in [0.1, 0.15) is 0 Å². The zero-order chi connectivity index (χ0) is 42.3. The molecule has 3 aliphatic carbocycles. The molecule has 0 bridgehead atoms. The zero-order valence-corrected chi connectivity index (χ0v) is 35.9. The summed E-state index contributed by atoms with van der Waals surface area (Å²) >= 11 is 0. The van der Waals surface area contributed by atoms with Gasteiger partial charge in [0.2, 0.25) is 0 Å². The monoisotopic (exact) mass is 813 g/mol. The van der Waals surface area contributed by atoms with Gasteiger partial charge in [-0.15, -0.1) is 0 Å². The van der Waals surface area contributed by atoms with Crippen LogP contribution in [0.4, 0.5) is 11.4 Å². The molecule has 2 atom stereocenters. The average molecular weight is 814 g/mol. The van der Waals surface area contributed by atoms with Crippen LogP contribution < -0.4 is 4.90 Å². The molecule has 0 fully saturated rings. The topological polar surface area (TPSA) is 21.1 Å². The third-order valence-corrected chi connectivity index (χ3v) is 13.4. The van der Waals surface area contributed by atoms with Gasteiger partial charge in [0, 0.05) is 45.5 Å². The van der Waals surface area contributed by atoms with E-state index >= 15 is 0 Å². The van der Waals surface area contributed by atoms with Gasteiger partial charge in [0.25, 0.3) is 0 Å². The van der Waals surface area contributed by atoms with E-state index in [4.69, 9.17) is 4.98 Å². The normalized spacial score (nSPS) is 17.4. The number of rotatable bonds is 9. The number of allylic oxidation sites excluding steroid dienone is 8. The van der Waals surface area contributed by atoms with Crippen LogP contribution in [0.2, 0.25) is 0 Å². The Balaban J connectivity index is 0.963. The smallest absolute Gasteiger partial charge is 0.0715 e. The summed E-state index contributed by atoms with van der Waals surface area (Å²) < 4.78 is 2.37. The standard InChI is InChI=1S/C60H51N3/c1-3-18-43(35-41(2)62-57-31-11-7-27-51(57)52-28-8-12-32-58(52)62)44-21-15-24-47(36-44)55-39-49(42-19-5-4-6-20-42)40-56(61-55)48-25-16-22-45(37-48)46-23-17-26-50(38-46)63-59-33-13-9-29-53(59)54-30-10-14-34-60(54)63/h3-6,9,11-26,29,31-40,54,60H,2,7-8,10,27-28,30H2,1H3/b18-3-,43-35+. The lowest BCUT2D eigenvalue weighted by Crippen LogP contribution is -2.29. The van der Waals surface area contributed by atoms with E-state index in [2.05, 4.69) is 217 Å². The van der Waals surface area contributed by atoms with E-state index in [0.29, 0.717) is 12.0 Å². The molecule has 0 radical (unpaired) electrons. The van der Waals surface area contributed by atoms with Crippen LogP contribution >= 0.6 is 0 Å². The van der Waals surface area contributed by atoms with Gasteiger partial charge in [-0.25, -0.2) is 4.98 Å². The summed E-state index contributed by atoms with van der Waals surface area (Å²) in [4.78, 5) is 7.99. The second kappa shape index (κ2) is 16.6. The fourth-order valence-electron chi connectivity index (χ4n) is 10.5. The van der Waals surface area contributed by atoms with Crippen molar-refractivity contribution in [2.24, 2.45) is 0 Å². The molecule has 11 rings (SSSR count). The molecule has 2 unspecified atom stereocenters. The Kier molecular flexibility index (Phi) is 10.2. The minimum Gasteiger partial charge on any atom is -0.334 e. The van der Waals surface area contributed by atoms with Gasteiger partial charge in [0.05, 0.1) is 17.4 Å². The van der Waals surface area contributed by atoms with Crippen LogP contribution in [0.3, 0.4) is 0 Å². The van der Waals surface area contributed by atoms with E-state index in [1.54, 1.807) is 0 Å². The van der Waals surface area contributed by atoms with Crippen LogP contribution in [0, 0.1) is 0 Å². The minimum atomic E-state index is 0.340. The van der Waals surface area contributed by atoms with Crippen molar-refractivity contribution in [3.63, 3.8) is 0 Å². The Morgan fingerprint density at radius 2 is 1.27 bits per heavy atom. The number of fused-ring (bicyclic) bond motifs is 6. The molecular formula is C60H51N3. The molecule has 5 aromatic carbocycles. The summed E-state index contributed by atoms with van der Waals surface area (Å²) in [6, 6.07) is 51.3. The largest absolute Gasteiger partial charge is 0.334 e. The minimum absolute atomic E-state index is 0.340. The Bertz CT molecular complexity index is 3020. The third kappa shape index (κ3) is 7.18. The molecule has 63 heavy (non-hydrogen) atoms. The number of pyridine rings is 1. The number of anilines is 2. The molecule has 3 nitrogen and oxygen atoms in total. The molecular weight excluding hydrogens is 763 g/mol. The molecule has 0 amide bonds. The van der Waals surface area contributed by atoms with E-state index in [1.807, 2.05) is 0 Å². The van der Waals surface area contributed by atoms with Crippen molar-refractivity contribution in [2.75, 3.05) is 4.90 Å². The molecule has 306 valence electrons. The van der Waals surface area contributed by atoms with Crippen LogP contribution in [0.5, 0.6) is 0 Å². The Hall–Kier alpha value is -7.23. The zero-order valence-electron chi connectivity index (χ0n) is 35.9. The first kappa shape index (κ1) is 38.7. The molecule has 0 saturated heterocycles. The van der Waals surface area contributed by atoms with E-state index < -0.39 is 0 Å². The van der Waals surface area contributed by atoms with Crippen LogP contribution in [0.1, 0.15) is 72.2 Å². The summed E-state index contributed by atoms with van der Waals surface area (Å²) in [5.41, 5.74) is 21.5. The Labute approximate surface area is 372 Å². The fraction of sp³-hybridized carbons (Fsp3) is 0.150. The molecule has 0 saturated carbocycles. The van der Waals surface area contributed by atoms with E-state index in [9.17, 15) is 0 Å². The average Bonchev–Trinajstić information content (AvgIpc) is 3.87. The predicted molar refractivity (Wildman–Crippen MR) is 267 cm³/mol. The number of aromatic nitrogens is 2. The van der Waals surface area contributed by atoms with E-state index in [1.165, 1.54) is 57.0 Å². The van der Waals surface area contributed by atoms with Crippen molar-refractivity contribution in [1.82, 2.24) is 9.55 Å². The Morgan fingerprint density at radius 3 is 2.03 bits per heavy atom. The third-order valence-electron chi connectivity index (χ3n) is 13.4. The number of hydrogen-bond donors (Lipinski definition) is 0. The van der Waals surface area contributed by atoms with Crippen molar-refractivity contribution in [3.8, 4) is 44.8 Å². The molecule has 0 spiro atoms. The van der Waals surface area contributed by atoms with Crippen molar-refractivity contribution < 1.29 is 0 Å². The first-order valence-electron chi connectivity index (χ1n) is 22.7. The highest BCUT2D eigenvalue weighted by Gasteiger charge is 2.38. The maximum absolute atomic E-state index is 5.44. The lowest BCUT2D eigenvalue weighted by molar-refractivity contribution is 0.573. The van der Waals surface area contributed by atoms with Gasteiger partial charge in [0.15, 0.2) is 0 Å². The molecule has 0 N–H and O–H groups in total. The number of hydrogen-bond acceptors (Lipinski definition) is 2.